The molecule has 0 bridgehead atoms. The summed E-state index contributed by atoms with van der Waals surface area (Å²) in [6.45, 7) is 9.59. The van der Waals surface area contributed by atoms with Crippen LogP contribution in [0.25, 0.3) is 0 Å². The van der Waals surface area contributed by atoms with Crippen LogP contribution < -0.4 is 5.32 Å². The number of allylic oxidation sites excluding steroid dienone is 2. The number of hydrogen-bond donors (Lipinski definition) is 2. The number of ether oxygens (including phenoxy) is 2. The first-order valence-electron chi connectivity index (χ1n) is 11.5. The van der Waals surface area contributed by atoms with Crippen LogP contribution in [0.2, 0.25) is 0 Å². The van der Waals surface area contributed by atoms with Crippen molar-refractivity contribution in [3.63, 3.8) is 0 Å². The molecular weight excluding hydrogens is 440 g/mol. The minimum atomic E-state index is -0.876. The van der Waals surface area contributed by atoms with Crippen LogP contribution in [0.3, 0.4) is 0 Å². The van der Waals surface area contributed by atoms with Crippen LogP contribution in [-0.2, 0) is 19.1 Å². The Hall–Kier alpha value is -3.20. The van der Waals surface area contributed by atoms with Crippen LogP contribution in [0.15, 0.2) is 46.8 Å². The molecule has 0 fully saturated rings. The lowest BCUT2D eigenvalue weighted by Gasteiger charge is -2.30. The average molecular weight is 475 g/mol. The third-order valence-electron chi connectivity index (χ3n) is 6.25. The lowest BCUT2D eigenvalue weighted by molar-refractivity contribution is -0.384. The number of dihydropyridines is 1. The molecule has 0 spiro atoms. The van der Waals surface area contributed by atoms with E-state index >= 15 is 0 Å². The van der Waals surface area contributed by atoms with Crippen LogP contribution in [0.1, 0.15) is 58.9 Å². The van der Waals surface area contributed by atoms with E-state index in [4.69, 9.17) is 14.6 Å². The topological polar surface area (TPSA) is 128 Å². The smallest absolute Gasteiger partial charge is 0.336 e. The van der Waals surface area contributed by atoms with Crippen molar-refractivity contribution >= 4 is 17.6 Å². The van der Waals surface area contributed by atoms with Crippen molar-refractivity contribution in [2.75, 3.05) is 19.8 Å². The molecule has 0 aliphatic carbocycles. The van der Waals surface area contributed by atoms with Gasteiger partial charge in [0.05, 0.1) is 35.2 Å². The van der Waals surface area contributed by atoms with Gasteiger partial charge in [0.15, 0.2) is 0 Å². The fraction of sp³-hybridized carbons (Fsp3) is 0.520. The van der Waals surface area contributed by atoms with Gasteiger partial charge in [0.1, 0.15) is 0 Å². The van der Waals surface area contributed by atoms with Gasteiger partial charge < -0.3 is 19.9 Å². The minimum Gasteiger partial charge on any atom is -0.463 e. The third kappa shape index (κ3) is 6.44. The van der Waals surface area contributed by atoms with E-state index in [-0.39, 0.29) is 48.5 Å². The molecule has 1 aliphatic heterocycles. The summed E-state index contributed by atoms with van der Waals surface area (Å²) >= 11 is 0. The van der Waals surface area contributed by atoms with Crippen molar-refractivity contribution in [2.45, 2.75) is 53.4 Å². The van der Waals surface area contributed by atoms with E-state index in [0.29, 0.717) is 29.8 Å². The average Bonchev–Trinajstić information content (AvgIpc) is 2.78. The first kappa shape index (κ1) is 27.0. The summed E-state index contributed by atoms with van der Waals surface area (Å²) < 4.78 is 10.8. The van der Waals surface area contributed by atoms with E-state index in [9.17, 15) is 19.7 Å². The Balaban J connectivity index is 2.40. The zero-order valence-corrected chi connectivity index (χ0v) is 20.4. The third-order valence-corrected chi connectivity index (χ3v) is 6.25. The van der Waals surface area contributed by atoms with Crippen LogP contribution in [-0.4, -0.2) is 41.8 Å². The molecule has 0 saturated carbocycles. The van der Waals surface area contributed by atoms with Gasteiger partial charge in [-0.1, -0.05) is 26.0 Å². The highest BCUT2D eigenvalue weighted by Gasteiger charge is 2.38. The van der Waals surface area contributed by atoms with Gasteiger partial charge in [-0.3, -0.25) is 10.1 Å². The maximum Gasteiger partial charge on any atom is 0.336 e. The molecular formula is C25H34N2O7. The fourth-order valence-electron chi connectivity index (χ4n) is 4.08. The summed E-state index contributed by atoms with van der Waals surface area (Å²) in [4.78, 5) is 37.0. The second-order valence-electron chi connectivity index (χ2n) is 8.60. The number of nitrogens with zero attached hydrogens (tertiary/aromatic N) is 1. The van der Waals surface area contributed by atoms with Crippen molar-refractivity contribution in [1.82, 2.24) is 5.32 Å². The fourth-order valence-corrected chi connectivity index (χ4v) is 4.08. The number of aliphatic hydroxyl groups is 1. The predicted octanol–water partition coefficient (Wildman–Crippen LogP) is 3.98. The Labute approximate surface area is 200 Å². The SMILES string of the molecule is CCOC(=O)C1=C(C)NC(C)=C(C(=O)OCCC(C)C(C)CCO)C1c1cccc([N+](=O)[O-])c1. The summed E-state index contributed by atoms with van der Waals surface area (Å²) in [5.74, 6) is -1.56. The maximum absolute atomic E-state index is 13.3. The predicted molar refractivity (Wildman–Crippen MR) is 127 cm³/mol. The Bertz CT molecular complexity index is 983. The van der Waals surface area contributed by atoms with E-state index in [0.717, 1.165) is 0 Å². The van der Waals surface area contributed by atoms with E-state index < -0.39 is 22.8 Å². The highest BCUT2D eigenvalue weighted by Crippen LogP contribution is 2.40. The van der Waals surface area contributed by atoms with Gasteiger partial charge in [0.25, 0.3) is 5.69 Å². The van der Waals surface area contributed by atoms with Crippen molar-refractivity contribution < 1.29 is 29.1 Å². The number of hydrogen-bond acceptors (Lipinski definition) is 8. The number of nitro groups is 1. The zero-order valence-electron chi connectivity index (χ0n) is 20.4. The number of rotatable bonds is 11. The molecule has 1 aliphatic rings. The summed E-state index contributed by atoms with van der Waals surface area (Å²) in [7, 11) is 0. The highest BCUT2D eigenvalue weighted by molar-refractivity contribution is 5.99. The number of nitro benzene ring substituents is 1. The minimum absolute atomic E-state index is 0.107. The summed E-state index contributed by atoms with van der Waals surface area (Å²) in [6.07, 6.45) is 1.29. The lowest BCUT2D eigenvalue weighted by Crippen LogP contribution is -2.32. The molecule has 1 aromatic carbocycles. The largest absolute Gasteiger partial charge is 0.463 e. The van der Waals surface area contributed by atoms with Crippen molar-refractivity contribution in [3.05, 3.63) is 62.5 Å². The molecule has 1 aromatic rings. The standard InChI is InChI=1S/C25H34N2O7/c1-6-33-24(29)21-17(4)26-18(5)22(23(21)19-8-7-9-20(14-19)27(31)32)25(30)34-13-11-16(3)15(2)10-12-28/h7-9,14-16,23,26,28H,6,10-13H2,1-5H3. The number of carbonyl (C=O) groups is 2. The van der Waals surface area contributed by atoms with Gasteiger partial charge in [0.2, 0.25) is 0 Å². The Morgan fingerprint density at radius 3 is 2.24 bits per heavy atom. The summed E-state index contributed by atoms with van der Waals surface area (Å²) in [5.41, 5.74) is 1.72. The molecule has 34 heavy (non-hydrogen) atoms. The first-order chi connectivity index (χ1) is 16.1. The van der Waals surface area contributed by atoms with Crippen LogP contribution in [0.4, 0.5) is 5.69 Å². The molecule has 0 radical (unpaired) electrons. The van der Waals surface area contributed by atoms with Crippen molar-refractivity contribution in [1.29, 1.82) is 0 Å². The Kier molecular flexibility index (Phi) is 9.80. The van der Waals surface area contributed by atoms with E-state index in [1.54, 1.807) is 26.8 Å². The quantitative estimate of drug-likeness (QED) is 0.280. The lowest BCUT2D eigenvalue weighted by atomic mass is 9.80. The number of nitrogens with one attached hydrogen (secondary N) is 1. The van der Waals surface area contributed by atoms with Crippen molar-refractivity contribution in [2.24, 2.45) is 11.8 Å². The number of aliphatic hydroxyl groups excluding tert-OH is 1. The number of benzene rings is 1. The molecule has 0 saturated heterocycles. The summed E-state index contributed by atoms with van der Waals surface area (Å²) in [6, 6.07) is 5.89. The van der Waals surface area contributed by atoms with Crippen LogP contribution in [0.5, 0.6) is 0 Å². The number of carbonyl (C=O) groups excluding carboxylic acids is 2. The van der Waals surface area contributed by atoms with Gasteiger partial charge in [-0.25, -0.2) is 9.59 Å². The van der Waals surface area contributed by atoms with Crippen LogP contribution >= 0.6 is 0 Å². The maximum atomic E-state index is 13.3. The van der Waals surface area contributed by atoms with Gasteiger partial charge in [0, 0.05) is 30.1 Å². The van der Waals surface area contributed by atoms with E-state index in [2.05, 4.69) is 5.32 Å². The van der Waals surface area contributed by atoms with Crippen molar-refractivity contribution in [3.8, 4) is 0 Å². The second-order valence-corrected chi connectivity index (χ2v) is 8.60. The molecule has 3 atom stereocenters. The molecule has 1 heterocycles. The molecule has 2 rings (SSSR count). The second kappa shape index (κ2) is 12.3. The highest BCUT2D eigenvalue weighted by atomic mass is 16.6. The molecule has 186 valence electrons. The Morgan fingerprint density at radius 1 is 1.09 bits per heavy atom. The van der Waals surface area contributed by atoms with Gasteiger partial charge >= 0.3 is 11.9 Å². The monoisotopic (exact) mass is 474 g/mol. The van der Waals surface area contributed by atoms with E-state index in [1.807, 2.05) is 13.8 Å². The molecule has 0 aromatic heterocycles. The van der Waals surface area contributed by atoms with Crippen LogP contribution in [0, 0.1) is 22.0 Å². The molecule has 0 amide bonds. The zero-order chi connectivity index (χ0) is 25.4. The number of non-ortho nitro benzene ring substituents is 1. The van der Waals surface area contributed by atoms with Gasteiger partial charge in [-0.2, -0.15) is 0 Å². The van der Waals surface area contributed by atoms with E-state index in [1.165, 1.54) is 18.2 Å². The normalized spacial score (nSPS) is 17.6. The first-order valence-corrected chi connectivity index (χ1v) is 11.5. The Morgan fingerprint density at radius 2 is 1.68 bits per heavy atom. The molecule has 3 unspecified atom stereocenters. The molecule has 9 nitrogen and oxygen atoms in total. The van der Waals surface area contributed by atoms with Gasteiger partial charge in [-0.05, 0) is 51.0 Å². The number of esters is 2. The summed E-state index contributed by atoms with van der Waals surface area (Å²) in [5, 5.41) is 23.6. The van der Waals surface area contributed by atoms with Gasteiger partial charge in [-0.15, -0.1) is 0 Å². The molecule has 2 N–H and O–H groups in total. The molecule has 9 heteroatoms.